The number of rotatable bonds is 5. The average molecular weight is 339 g/mol. The molecule has 0 unspecified atom stereocenters. The van der Waals surface area contributed by atoms with Crippen molar-refractivity contribution >= 4 is 11.6 Å². The summed E-state index contributed by atoms with van der Waals surface area (Å²) in [4.78, 5) is 15.8. The number of benzene rings is 2. The summed E-state index contributed by atoms with van der Waals surface area (Å²) >= 11 is 0. The van der Waals surface area contributed by atoms with Crippen molar-refractivity contribution < 1.29 is 18.8 Å². The summed E-state index contributed by atoms with van der Waals surface area (Å²) in [6.07, 6.45) is 0. The highest BCUT2D eigenvalue weighted by molar-refractivity contribution is 5.93. The number of para-hydroxylation sites is 1. The summed E-state index contributed by atoms with van der Waals surface area (Å²) in [7, 11) is 3.13. The zero-order valence-electron chi connectivity index (χ0n) is 14.1. The Hall–Kier alpha value is -3.35. The maximum atomic E-state index is 11.4. The molecule has 0 spiro atoms. The maximum Gasteiger partial charge on any atom is 0.260 e. The minimum Gasteiger partial charge on any atom is -0.493 e. The molecule has 2 aromatic carbocycles. The Kier molecular flexibility index (Phi) is 4.65. The van der Waals surface area contributed by atoms with Crippen molar-refractivity contribution in [3.05, 3.63) is 42.5 Å². The molecule has 7 heteroatoms. The van der Waals surface area contributed by atoms with Crippen LogP contribution in [-0.2, 0) is 4.79 Å². The van der Waals surface area contributed by atoms with Gasteiger partial charge in [0.25, 0.3) is 5.89 Å². The molecule has 0 aliphatic heterocycles. The quantitative estimate of drug-likeness (QED) is 0.767. The largest absolute Gasteiger partial charge is 0.493 e. The van der Waals surface area contributed by atoms with E-state index in [1.807, 2.05) is 18.2 Å². The lowest BCUT2D eigenvalue weighted by atomic mass is 10.1. The van der Waals surface area contributed by atoms with Gasteiger partial charge in [-0.2, -0.15) is 4.98 Å². The van der Waals surface area contributed by atoms with E-state index in [9.17, 15) is 4.79 Å². The molecule has 0 saturated heterocycles. The lowest BCUT2D eigenvalue weighted by Crippen LogP contribution is -2.06. The lowest BCUT2D eigenvalue weighted by Gasteiger charge is -2.07. The molecule has 0 bridgehead atoms. The van der Waals surface area contributed by atoms with Crippen LogP contribution in [0.1, 0.15) is 6.92 Å². The van der Waals surface area contributed by atoms with Gasteiger partial charge in [-0.3, -0.25) is 4.79 Å². The standard InChI is InChI=1S/C18H17N3O4/c1-11(22)19-14-7-5-4-6-13(14)18-20-17(21-25-18)12-8-9-15(23-2)16(10-12)24-3/h4-10H,1-3H3,(H,19,22). The molecule has 0 aliphatic carbocycles. The molecule has 1 aromatic heterocycles. The molecule has 1 amide bonds. The zero-order valence-corrected chi connectivity index (χ0v) is 14.1. The van der Waals surface area contributed by atoms with Gasteiger partial charge in [0.15, 0.2) is 11.5 Å². The summed E-state index contributed by atoms with van der Waals surface area (Å²) in [5.74, 6) is 1.74. The van der Waals surface area contributed by atoms with Crippen LogP contribution in [0.5, 0.6) is 11.5 Å². The SMILES string of the molecule is COc1ccc(-c2noc(-c3ccccc3NC(C)=O)n2)cc1OC. The number of nitrogens with one attached hydrogen (secondary N) is 1. The third-order valence-electron chi connectivity index (χ3n) is 3.54. The summed E-state index contributed by atoms with van der Waals surface area (Å²) in [5, 5.41) is 6.77. The second-order valence-electron chi connectivity index (χ2n) is 5.22. The molecule has 0 atom stereocenters. The fraction of sp³-hybridized carbons (Fsp3) is 0.167. The number of aromatic nitrogens is 2. The summed E-state index contributed by atoms with van der Waals surface area (Å²) in [6, 6.07) is 12.6. The molecule has 3 aromatic rings. The predicted molar refractivity (Wildman–Crippen MR) is 92.6 cm³/mol. The van der Waals surface area contributed by atoms with Crippen LogP contribution in [0.3, 0.4) is 0 Å². The Balaban J connectivity index is 1.97. The Morgan fingerprint density at radius 3 is 2.56 bits per heavy atom. The number of methoxy groups -OCH3 is 2. The molecule has 1 heterocycles. The highest BCUT2D eigenvalue weighted by atomic mass is 16.5. The van der Waals surface area contributed by atoms with Gasteiger partial charge >= 0.3 is 0 Å². The smallest absolute Gasteiger partial charge is 0.260 e. The van der Waals surface area contributed by atoms with Crippen molar-refractivity contribution in [2.45, 2.75) is 6.92 Å². The van der Waals surface area contributed by atoms with Crippen molar-refractivity contribution in [2.24, 2.45) is 0 Å². The third-order valence-corrected chi connectivity index (χ3v) is 3.54. The van der Waals surface area contributed by atoms with E-state index in [2.05, 4.69) is 15.5 Å². The van der Waals surface area contributed by atoms with E-state index in [0.717, 1.165) is 5.56 Å². The van der Waals surface area contributed by atoms with E-state index in [0.29, 0.717) is 34.5 Å². The molecule has 25 heavy (non-hydrogen) atoms. The fourth-order valence-corrected chi connectivity index (χ4v) is 2.39. The maximum absolute atomic E-state index is 11.4. The van der Waals surface area contributed by atoms with E-state index in [-0.39, 0.29) is 5.91 Å². The Bertz CT molecular complexity index is 905. The molecule has 1 N–H and O–H groups in total. The summed E-state index contributed by atoms with van der Waals surface area (Å²) in [6.45, 7) is 1.44. The van der Waals surface area contributed by atoms with Crippen molar-refractivity contribution in [2.75, 3.05) is 19.5 Å². The number of anilines is 1. The van der Waals surface area contributed by atoms with E-state index >= 15 is 0 Å². The molecule has 0 fully saturated rings. The van der Waals surface area contributed by atoms with Gasteiger partial charge in [0.05, 0.1) is 25.5 Å². The first-order valence-corrected chi connectivity index (χ1v) is 7.55. The molecular weight excluding hydrogens is 322 g/mol. The van der Waals surface area contributed by atoms with E-state index in [1.54, 1.807) is 38.5 Å². The van der Waals surface area contributed by atoms with Gasteiger partial charge in [-0.15, -0.1) is 0 Å². The molecule has 3 rings (SSSR count). The lowest BCUT2D eigenvalue weighted by molar-refractivity contribution is -0.114. The van der Waals surface area contributed by atoms with E-state index in [4.69, 9.17) is 14.0 Å². The van der Waals surface area contributed by atoms with Crippen molar-refractivity contribution in [1.29, 1.82) is 0 Å². The first-order valence-electron chi connectivity index (χ1n) is 7.55. The number of hydrogen-bond donors (Lipinski definition) is 1. The Morgan fingerprint density at radius 1 is 1.08 bits per heavy atom. The van der Waals surface area contributed by atoms with Gasteiger partial charge in [-0.05, 0) is 30.3 Å². The number of carbonyl (C=O) groups excluding carboxylic acids is 1. The molecule has 7 nitrogen and oxygen atoms in total. The number of hydrogen-bond acceptors (Lipinski definition) is 6. The van der Waals surface area contributed by atoms with E-state index in [1.165, 1.54) is 6.92 Å². The van der Waals surface area contributed by atoms with Gasteiger partial charge in [-0.25, -0.2) is 0 Å². The van der Waals surface area contributed by atoms with Gasteiger partial charge in [-0.1, -0.05) is 17.3 Å². The monoisotopic (exact) mass is 339 g/mol. The molecule has 0 radical (unpaired) electrons. The normalized spacial score (nSPS) is 10.4. The van der Waals surface area contributed by atoms with Crippen LogP contribution in [-0.4, -0.2) is 30.3 Å². The molecule has 0 saturated carbocycles. The second-order valence-corrected chi connectivity index (χ2v) is 5.22. The average Bonchev–Trinajstić information content (AvgIpc) is 3.11. The highest BCUT2D eigenvalue weighted by Gasteiger charge is 2.16. The fourth-order valence-electron chi connectivity index (χ4n) is 2.39. The third kappa shape index (κ3) is 3.45. The first kappa shape index (κ1) is 16.5. The summed E-state index contributed by atoms with van der Waals surface area (Å²) < 4.78 is 15.9. The topological polar surface area (TPSA) is 86.5 Å². The second kappa shape index (κ2) is 7.04. The minimum atomic E-state index is -0.174. The Morgan fingerprint density at radius 2 is 1.84 bits per heavy atom. The Labute approximate surface area is 144 Å². The van der Waals surface area contributed by atoms with Crippen LogP contribution >= 0.6 is 0 Å². The number of nitrogens with zero attached hydrogens (tertiary/aromatic N) is 2. The van der Waals surface area contributed by atoms with Crippen molar-refractivity contribution in [1.82, 2.24) is 10.1 Å². The van der Waals surface area contributed by atoms with Crippen LogP contribution in [0.4, 0.5) is 5.69 Å². The summed E-state index contributed by atoms with van der Waals surface area (Å²) in [5.41, 5.74) is 1.99. The first-order chi connectivity index (χ1) is 12.1. The zero-order chi connectivity index (χ0) is 17.8. The van der Waals surface area contributed by atoms with Crippen LogP contribution in [0.15, 0.2) is 47.0 Å². The minimum absolute atomic E-state index is 0.174. The van der Waals surface area contributed by atoms with Gasteiger partial charge in [0.1, 0.15) is 0 Å². The van der Waals surface area contributed by atoms with Gasteiger partial charge in [0.2, 0.25) is 11.7 Å². The number of amides is 1. The number of carbonyl (C=O) groups is 1. The van der Waals surface area contributed by atoms with Gasteiger partial charge < -0.3 is 19.3 Å². The highest BCUT2D eigenvalue weighted by Crippen LogP contribution is 2.33. The predicted octanol–water partition coefficient (Wildman–Crippen LogP) is 3.38. The van der Waals surface area contributed by atoms with E-state index < -0.39 is 0 Å². The molecule has 128 valence electrons. The van der Waals surface area contributed by atoms with Crippen LogP contribution < -0.4 is 14.8 Å². The molecular formula is C18H17N3O4. The van der Waals surface area contributed by atoms with Crippen LogP contribution in [0.2, 0.25) is 0 Å². The van der Waals surface area contributed by atoms with Crippen LogP contribution in [0, 0.1) is 0 Å². The molecule has 0 aliphatic rings. The number of ether oxygens (including phenoxy) is 2. The van der Waals surface area contributed by atoms with Gasteiger partial charge in [0, 0.05) is 12.5 Å². The van der Waals surface area contributed by atoms with Crippen molar-refractivity contribution in [3.63, 3.8) is 0 Å². The van der Waals surface area contributed by atoms with Crippen molar-refractivity contribution in [3.8, 4) is 34.3 Å². The van der Waals surface area contributed by atoms with Crippen LogP contribution in [0.25, 0.3) is 22.8 Å².